The van der Waals surface area contributed by atoms with Crippen LogP contribution < -0.4 is 0 Å². The van der Waals surface area contributed by atoms with E-state index in [-0.39, 0.29) is 0 Å². The standard InChI is InChI=1S/C54H110/c1-4-6-8-10-12-14-16-18-20-22-24-26-28-30-32-34-36-38-40-42-44-46-48-50-52-54(3)53-51-49-47-45-43-41-39-37-35-33-31-29-27-25-23-21-19-17-15-13-11-9-7-5-2/h54H,4-53H2,1-3H3. The van der Waals surface area contributed by atoms with E-state index in [1.54, 1.807) is 0 Å². The number of hydrogen-bond donors (Lipinski definition) is 0. The van der Waals surface area contributed by atoms with Crippen molar-refractivity contribution in [2.24, 2.45) is 5.92 Å². The van der Waals surface area contributed by atoms with Crippen molar-refractivity contribution in [3.05, 3.63) is 0 Å². The second-order valence-corrected chi connectivity index (χ2v) is 18.9. The van der Waals surface area contributed by atoms with E-state index in [0.29, 0.717) is 0 Å². The first kappa shape index (κ1) is 54.0. The van der Waals surface area contributed by atoms with Crippen molar-refractivity contribution in [1.82, 2.24) is 0 Å². The summed E-state index contributed by atoms with van der Waals surface area (Å²) in [4.78, 5) is 0. The molecule has 0 radical (unpaired) electrons. The van der Waals surface area contributed by atoms with Crippen molar-refractivity contribution in [3.63, 3.8) is 0 Å². The van der Waals surface area contributed by atoms with E-state index in [0.717, 1.165) is 5.92 Å². The fourth-order valence-electron chi connectivity index (χ4n) is 9.05. The smallest absolute Gasteiger partial charge is 0.0443 e. The van der Waals surface area contributed by atoms with Crippen LogP contribution in [0.5, 0.6) is 0 Å². The summed E-state index contributed by atoms with van der Waals surface area (Å²) < 4.78 is 0. The summed E-state index contributed by atoms with van der Waals surface area (Å²) in [5.41, 5.74) is 0. The molecule has 0 fully saturated rings. The van der Waals surface area contributed by atoms with Crippen LogP contribution in [-0.4, -0.2) is 0 Å². The van der Waals surface area contributed by atoms with E-state index in [9.17, 15) is 0 Å². The zero-order valence-electron chi connectivity index (χ0n) is 38.9. The van der Waals surface area contributed by atoms with Gasteiger partial charge >= 0.3 is 0 Å². The maximum absolute atomic E-state index is 2.53. The van der Waals surface area contributed by atoms with E-state index in [1.165, 1.54) is 321 Å². The highest BCUT2D eigenvalue weighted by Gasteiger charge is 2.03. The van der Waals surface area contributed by atoms with E-state index >= 15 is 0 Å². The normalized spacial score (nSPS) is 11.8. The Bertz CT molecular complexity index is 555. The van der Waals surface area contributed by atoms with Crippen LogP contribution in [0.25, 0.3) is 0 Å². The lowest BCUT2D eigenvalue weighted by atomic mass is 9.95. The van der Waals surface area contributed by atoms with Gasteiger partial charge in [-0.25, -0.2) is 0 Å². The van der Waals surface area contributed by atoms with Crippen LogP contribution in [-0.2, 0) is 0 Å². The van der Waals surface area contributed by atoms with Gasteiger partial charge < -0.3 is 0 Å². The van der Waals surface area contributed by atoms with Gasteiger partial charge in [0.15, 0.2) is 0 Å². The molecule has 0 unspecified atom stereocenters. The number of rotatable bonds is 50. The topological polar surface area (TPSA) is 0 Å². The highest BCUT2D eigenvalue weighted by Crippen LogP contribution is 2.21. The average Bonchev–Trinajstić information content (AvgIpc) is 3.18. The molecule has 0 rings (SSSR count). The highest BCUT2D eigenvalue weighted by molar-refractivity contribution is 4.57. The van der Waals surface area contributed by atoms with Gasteiger partial charge in [0.05, 0.1) is 0 Å². The molecular weight excluding hydrogens is 649 g/mol. The molecule has 0 saturated carbocycles. The minimum absolute atomic E-state index is 0.962. The van der Waals surface area contributed by atoms with Crippen LogP contribution in [0.3, 0.4) is 0 Å². The second-order valence-electron chi connectivity index (χ2n) is 18.9. The van der Waals surface area contributed by atoms with Crippen molar-refractivity contribution in [2.75, 3.05) is 0 Å². The molecule has 54 heavy (non-hydrogen) atoms. The Morgan fingerprint density at radius 2 is 0.278 bits per heavy atom. The van der Waals surface area contributed by atoms with E-state index in [4.69, 9.17) is 0 Å². The Kier molecular flexibility index (Phi) is 51.0. The van der Waals surface area contributed by atoms with Gasteiger partial charge in [-0.2, -0.15) is 0 Å². The predicted octanol–water partition coefficient (Wildman–Crippen LogP) is 21.2. The van der Waals surface area contributed by atoms with Gasteiger partial charge in [0, 0.05) is 0 Å². The van der Waals surface area contributed by atoms with Gasteiger partial charge in [0.25, 0.3) is 0 Å². The minimum atomic E-state index is 0.962. The second kappa shape index (κ2) is 51.0. The summed E-state index contributed by atoms with van der Waals surface area (Å²) in [6, 6.07) is 0. The molecule has 0 aromatic rings. The molecule has 0 heteroatoms. The molecule has 0 heterocycles. The third-order valence-corrected chi connectivity index (χ3v) is 13.1. The molecule has 326 valence electrons. The van der Waals surface area contributed by atoms with Crippen LogP contribution in [0.2, 0.25) is 0 Å². The summed E-state index contributed by atoms with van der Waals surface area (Å²) in [7, 11) is 0. The first-order chi connectivity index (χ1) is 26.8. The lowest BCUT2D eigenvalue weighted by Crippen LogP contribution is -1.95. The monoisotopic (exact) mass is 759 g/mol. The molecule has 0 bridgehead atoms. The summed E-state index contributed by atoms with van der Waals surface area (Å²) in [5.74, 6) is 0.962. The summed E-state index contributed by atoms with van der Waals surface area (Å²) in [5, 5.41) is 0. The van der Waals surface area contributed by atoms with Crippen molar-refractivity contribution >= 4 is 0 Å². The van der Waals surface area contributed by atoms with Gasteiger partial charge in [-0.05, 0) is 5.92 Å². The summed E-state index contributed by atoms with van der Waals surface area (Å²) >= 11 is 0. The van der Waals surface area contributed by atoms with Crippen LogP contribution in [0.1, 0.15) is 342 Å². The maximum atomic E-state index is 2.53. The predicted molar refractivity (Wildman–Crippen MR) is 251 cm³/mol. The third kappa shape index (κ3) is 50.0. The van der Waals surface area contributed by atoms with Crippen LogP contribution in [0.4, 0.5) is 0 Å². The first-order valence-corrected chi connectivity index (χ1v) is 26.8. The Balaban J connectivity index is 3.14. The molecule has 0 aromatic carbocycles. The van der Waals surface area contributed by atoms with Crippen molar-refractivity contribution in [2.45, 2.75) is 342 Å². The zero-order valence-corrected chi connectivity index (χ0v) is 38.9. The summed E-state index contributed by atoms with van der Waals surface area (Å²) in [6.07, 6.45) is 74.2. The SMILES string of the molecule is CCCCCCCCCCCCCCCCCCCCCCCCCCC(C)CCCCCCCCCCCCCCCCCCCCCCCCCC. The van der Waals surface area contributed by atoms with Crippen LogP contribution in [0.15, 0.2) is 0 Å². The van der Waals surface area contributed by atoms with E-state index < -0.39 is 0 Å². The van der Waals surface area contributed by atoms with Gasteiger partial charge in [-0.15, -0.1) is 0 Å². The number of unbranched alkanes of at least 4 members (excludes halogenated alkanes) is 46. The Hall–Kier alpha value is 0. The largest absolute Gasteiger partial charge is 0.0654 e. The van der Waals surface area contributed by atoms with Gasteiger partial charge in [0.1, 0.15) is 0 Å². The first-order valence-electron chi connectivity index (χ1n) is 26.8. The summed E-state index contributed by atoms with van der Waals surface area (Å²) in [6.45, 7) is 7.15. The van der Waals surface area contributed by atoms with Gasteiger partial charge in [-0.3, -0.25) is 0 Å². The molecule has 0 aliphatic rings. The van der Waals surface area contributed by atoms with Crippen molar-refractivity contribution < 1.29 is 0 Å². The fraction of sp³-hybridized carbons (Fsp3) is 1.00. The Morgan fingerprint density at radius 3 is 0.407 bits per heavy atom. The zero-order chi connectivity index (χ0) is 38.9. The molecular formula is C54H110. The van der Waals surface area contributed by atoms with E-state index in [2.05, 4.69) is 20.8 Å². The molecule has 0 atom stereocenters. The van der Waals surface area contributed by atoms with Gasteiger partial charge in [0.2, 0.25) is 0 Å². The van der Waals surface area contributed by atoms with E-state index in [1.807, 2.05) is 0 Å². The molecule has 0 amide bonds. The molecule has 0 nitrogen and oxygen atoms in total. The molecule has 0 N–H and O–H groups in total. The van der Waals surface area contributed by atoms with Crippen LogP contribution in [0, 0.1) is 5.92 Å². The highest BCUT2D eigenvalue weighted by atomic mass is 14.1. The molecule has 0 aromatic heterocycles. The lowest BCUT2D eigenvalue weighted by Gasteiger charge is -2.11. The molecule has 0 aliphatic heterocycles. The minimum Gasteiger partial charge on any atom is -0.0654 e. The van der Waals surface area contributed by atoms with Crippen molar-refractivity contribution in [3.8, 4) is 0 Å². The Labute approximate surface area is 346 Å². The number of hydrogen-bond acceptors (Lipinski definition) is 0. The van der Waals surface area contributed by atoms with Gasteiger partial charge in [-0.1, -0.05) is 342 Å². The third-order valence-electron chi connectivity index (χ3n) is 13.1. The lowest BCUT2D eigenvalue weighted by molar-refractivity contribution is 0.429. The average molecular weight is 759 g/mol. The Morgan fingerprint density at radius 1 is 0.167 bits per heavy atom. The molecule has 0 aliphatic carbocycles. The quantitative estimate of drug-likeness (QED) is 0.0542. The van der Waals surface area contributed by atoms with Crippen LogP contribution >= 0.6 is 0 Å². The molecule has 0 saturated heterocycles. The van der Waals surface area contributed by atoms with Crippen molar-refractivity contribution in [1.29, 1.82) is 0 Å². The maximum Gasteiger partial charge on any atom is -0.0443 e. The fourth-order valence-corrected chi connectivity index (χ4v) is 9.05. The molecule has 0 spiro atoms.